The van der Waals surface area contributed by atoms with Crippen LogP contribution in [0.1, 0.15) is 36.9 Å². The maximum absolute atomic E-state index is 5.72. The van der Waals surface area contributed by atoms with Gasteiger partial charge in [-0.2, -0.15) is 0 Å². The maximum atomic E-state index is 5.72. The van der Waals surface area contributed by atoms with Crippen LogP contribution in [-0.2, 0) is 0 Å². The second-order valence-electron chi connectivity index (χ2n) is 4.23. The Morgan fingerprint density at radius 1 is 1.38 bits per heavy atom. The van der Waals surface area contributed by atoms with Crippen molar-refractivity contribution in [1.29, 1.82) is 0 Å². The van der Waals surface area contributed by atoms with Crippen molar-refractivity contribution in [2.45, 2.75) is 25.8 Å². The molecule has 0 radical (unpaired) electrons. The van der Waals surface area contributed by atoms with Crippen LogP contribution in [0.25, 0.3) is 0 Å². The summed E-state index contributed by atoms with van der Waals surface area (Å²) < 4.78 is 5.36. The molecule has 1 rings (SSSR count). The Bertz CT molecular complexity index is 333. The minimum absolute atomic E-state index is 0.211. The van der Waals surface area contributed by atoms with Gasteiger partial charge in [0.05, 0.1) is 7.11 Å². The zero-order chi connectivity index (χ0) is 12.1. The summed E-state index contributed by atoms with van der Waals surface area (Å²) in [6, 6.07) is 6.48. The van der Waals surface area contributed by atoms with E-state index in [0.717, 1.165) is 5.75 Å². The van der Waals surface area contributed by atoms with Gasteiger partial charge in [-0.1, -0.05) is 26.0 Å². The van der Waals surface area contributed by atoms with Crippen LogP contribution >= 0.6 is 0 Å². The van der Waals surface area contributed by atoms with Gasteiger partial charge in [-0.15, -0.1) is 0 Å². The number of ether oxygens (including phenoxy) is 1. The first-order valence-electron chi connectivity index (χ1n) is 5.69. The fourth-order valence-corrected chi connectivity index (χ4v) is 1.84. The van der Waals surface area contributed by atoms with Gasteiger partial charge >= 0.3 is 0 Å². The number of benzene rings is 1. The number of hydrogen-bond acceptors (Lipinski definition) is 3. The van der Waals surface area contributed by atoms with Gasteiger partial charge in [0, 0.05) is 12.6 Å². The molecule has 0 aromatic heterocycles. The molecule has 1 atom stereocenters. The molecule has 0 spiro atoms. The summed E-state index contributed by atoms with van der Waals surface area (Å²) in [5.41, 5.74) is 8.17. The minimum atomic E-state index is 0.211. The molecule has 0 fully saturated rings. The van der Waals surface area contributed by atoms with Gasteiger partial charge in [-0.05, 0) is 30.2 Å². The van der Waals surface area contributed by atoms with Crippen molar-refractivity contribution in [3.8, 4) is 5.75 Å². The monoisotopic (exact) mass is 222 g/mol. The van der Waals surface area contributed by atoms with Gasteiger partial charge in [-0.3, -0.25) is 0 Å². The number of nitrogens with one attached hydrogen (secondary N) is 1. The quantitative estimate of drug-likeness (QED) is 0.801. The Morgan fingerprint density at radius 3 is 2.50 bits per heavy atom. The smallest absolute Gasteiger partial charge is 0.122 e. The molecule has 16 heavy (non-hydrogen) atoms. The van der Waals surface area contributed by atoms with Crippen molar-refractivity contribution in [2.75, 3.05) is 20.7 Å². The molecule has 0 aliphatic heterocycles. The van der Waals surface area contributed by atoms with Crippen molar-refractivity contribution >= 4 is 0 Å². The summed E-state index contributed by atoms with van der Waals surface area (Å²) in [5, 5.41) is 3.21. The van der Waals surface area contributed by atoms with Crippen LogP contribution in [0.4, 0.5) is 0 Å². The number of methoxy groups -OCH3 is 1. The van der Waals surface area contributed by atoms with Gasteiger partial charge in [0.15, 0.2) is 0 Å². The van der Waals surface area contributed by atoms with Crippen LogP contribution in [0.3, 0.4) is 0 Å². The zero-order valence-electron chi connectivity index (χ0n) is 10.6. The van der Waals surface area contributed by atoms with E-state index in [9.17, 15) is 0 Å². The lowest BCUT2D eigenvalue weighted by Crippen LogP contribution is -2.24. The van der Waals surface area contributed by atoms with Crippen molar-refractivity contribution in [3.63, 3.8) is 0 Å². The van der Waals surface area contributed by atoms with E-state index in [1.807, 2.05) is 13.1 Å². The Kier molecular flexibility index (Phi) is 4.77. The molecule has 0 bridgehead atoms. The van der Waals surface area contributed by atoms with E-state index in [-0.39, 0.29) is 6.04 Å². The molecule has 0 heterocycles. The van der Waals surface area contributed by atoms with Crippen molar-refractivity contribution < 1.29 is 4.74 Å². The first-order chi connectivity index (χ1) is 7.63. The third-order valence-corrected chi connectivity index (χ3v) is 2.86. The SMILES string of the molecule is CNC(CN)c1ccc(OC)c(C(C)C)c1. The summed E-state index contributed by atoms with van der Waals surface area (Å²) >= 11 is 0. The number of hydrogen-bond donors (Lipinski definition) is 2. The fraction of sp³-hybridized carbons (Fsp3) is 0.538. The van der Waals surface area contributed by atoms with Crippen LogP contribution in [0.5, 0.6) is 5.75 Å². The molecule has 1 unspecified atom stereocenters. The molecule has 0 aliphatic rings. The minimum Gasteiger partial charge on any atom is -0.496 e. The normalized spacial score (nSPS) is 12.9. The highest BCUT2D eigenvalue weighted by molar-refractivity contribution is 5.40. The van der Waals surface area contributed by atoms with E-state index in [2.05, 4.69) is 31.3 Å². The molecule has 3 heteroatoms. The predicted molar refractivity (Wildman–Crippen MR) is 67.9 cm³/mol. The van der Waals surface area contributed by atoms with Crippen molar-refractivity contribution in [1.82, 2.24) is 5.32 Å². The van der Waals surface area contributed by atoms with Gasteiger partial charge < -0.3 is 15.8 Å². The van der Waals surface area contributed by atoms with E-state index in [0.29, 0.717) is 12.5 Å². The highest BCUT2D eigenvalue weighted by Crippen LogP contribution is 2.29. The Labute approximate surface area is 98.0 Å². The summed E-state index contributed by atoms with van der Waals surface area (Å²) in [5.74, 6) is 1.40. The van der Waals surface area contributed by atoms with Crippen molar-refractivity contribution in [2.24, 2.45) is 5.73 Å². The van der Waals surface area contributed by atoms with E-state index in [1.165, 1.54) is 11.1 Å². The highest BCUT2D eigenvalue weighted by atomic mass is 16.5. The average molecular weight is 222 g/mol. The van der Waals surface area contributed by atoms with Crippen LogP contribution in [0.2, 0.25) is 0 Å². The van der Waals surface area contributed by atoms with Gasteiger partial charge in [0.2, 0.25) is 0 Å². The van der Waals surface area contributed by atoms with Crippen LogP contribution in [-0.4, -0.2) is 20.7 Å². The lowest BCUT2D eigenvalue weighted by molar-refractivity contribution is 0.407. The van der Waals surface area contributed by atoms with Crippen LogP contribution in [0, 0.1) is 0 Å². The molecular weight excluding hydrogens is 200 g/mol. The van der Waals surface area contributed by atoms with Crippen molar-refractivity contribution in [3.05, 3.63) is 29.3 Å². The lowest BCUT2D eigenvalue weighted by Gasteiger charge is -2.18. The third-order valence-electron chi connectivity index (χ3n) is 2.86. The Hall–Kier alpha value is -1.06. The van der Waals surface area contributed by atoms with E-state index < -0.39 is 0 Å². The largest absolute Gasteiger partial charge is 0.496 e. The van der Waals surface area contributed by atoms with Gasteiger partial charge in [0.1, 0.15) is 5.75 Å². The van der Waals surface area contributed by atoms with Crippen LogP contribution < -0.4 is 15.8 Å². The average Bonchev–Trinajstić information content (AvgIpc) is 2.30. The highest BCUT2D eigenvalue weighted by Gasteiger charge is 2.12. The molecule has 3 N–H and O–H groups in total. The zero-order valence-corrected chi connectivity index (χ0v) is 10.6. The molecule has 0 amide bonds. The summed E-state index contributed by atoms with van der Waals surface area (Å²) in [6.45, 7) is 4.93. The molecule has 1 aromatic carbocycles. The Balaban J connectivity index is 3.10. The van der Waals surface area contributed by atoms with Gasteiger partial charge in [-0.25, -0.2) is 0 Å². The van der Waals surface area contributed by atoms with E-state index >= 15 is 0 Å². The molecular formula is C13H22N2O. The molecule has 0 aliphatic carbocycles. The summed E-state index contributed by atoms with van der Waals surface area (Å²) in [4.78, 5) is 0. The third kappa shape index (κ3) is 2.74. The lowest BCUT2D eigenvalue weighted by atomic mass is 9.96. The first-order valence-corrected chi connectivity index (χ1v) is 5.69. The molecule has 90 valence electrons. The molecule has 3 nitrogen and oxygen atoms in total. The number of likely N-dealkylation sites (N-methyl/N-ethyl adjacent to an activating group) is 1. The topological polar surface area (TPSA) is 47.3 Å². The number of rotatable bonds is 5. The fourth-order valence-electron chi connectivity index (χ4n) is 1.84. The van der Waals surface area contributed by atoms with E-state index in [1.54, 1.807) is 7.11 Å². The van der Waals surface area contributed by atoms with Gasteiger partial charge in [0.25, 0.3) is 0 Å². The second kappa shape index (κ2) is 5.87. The Morgan fingerprint density at radius 2 is 2.06 bits per heavy atom. The standard InChI is InChI=1S/C13H22N2O/c1-9(2)11-7-10(12(8-14)15-3)5-6-13(11)16-4/h5-7,9,12,15H,8,14H2,1-4H3. The van der Waals surface area contributed by atoms with E-state index in [4.69, 9.17) is 10.5 Å². The predicted octanol–water partition coefficient (Wildman–Crippen LogP) is 2.04. The first kappa shape index (κ1) is 13.0. The maximum Gasteiger partial charge on any atom is 0.122 e. The second-order valence-corrected chi connectivity index (χ2v) is 4.23. The summed E-state index contributed by atoms with van der Waals surface area (Å²) in [7, 11) is 3.64. The number of nitrogens with two attached hydrogens (primary N) is 1. The summed E-state index contributed by atoms with van der Waals surface area (Å²) in [6.07, 6.45) is 0. The van der Waals surface area contributed by atoms with Crippen LogP contribution in [0.15, 0.2) is 18.2 Å². The molecule has 1 aromatic rings. The molecule has 0 saturated carbocycles. The molecule has 0 saturated heterocycles.